The largest absolute Gasteiger partial charge is 0.394 e. The van der Waals surface area contributed by atoms with Gasteiger partial charge in [0.1, 0.15) is 17.4 Å². The second kappa shape index (κ2) is 4.61. The highest BCUT2D eigenvalue weighted by Crippen LogP contribution is 2.27. The summed E-state index contributed by atoms with van der Waals surface area (Å²) in [5.74, 6) is 0. The fourth-order valence-corrected chi connectivity index (χ4v) is 1.88. The van der Waals surface area contributed by atoms with Crippen LogP contribution in [0, 0.1) is 0 Å². The predicted octanol–water partition coefficient (Wildman–Crippen LogP) is -1.17. The lowest BCUT2D eigenvalue weighted by Crippen LogP contribution is -2.32. The number of nitrogens with zero attached hydrogens (tertiary/aromatic N) is 1. The molecule has 1 saturated heterocycles. The summed E-state index contributed by atoms with van der Waals surface area (Å²) in [6, 6.07) is 0. The average molecular weight is 263 g/mol. The maximum Gasteiger partial charge on any atom is 0.330 e. The predicted molar refractivity (Wildman–Crippen MR) is 58.0 cm³/mol. The summed E-state index contributed by atoms with van der Waals surface area (Å²) in [6.07, 6.45) is -1.04. The number of hydrogen-bond donors (Lipinski definition) is 3. The summed E-state index contributed by atoms with van der Waals surface area (Å²) in [4.78, 5) is 24.6. The Morgan fingerprint density at radius 3 is 2.88 bits per heavy atom. The van der Waals surface area contributed by atoms with Gasteiger partial charge in [-0.15, -0.1) is 0 Å². The second-order valence-electron chi connectivity index (χ2n) is 3.76. The van der Waals surface area contributed by atoms with Gasteiger partial charge in [0.15, 0.2) is 0 Å². The minimum Gasteiger partial charge on any atom is -0.394 e. The molecule has 1 aromatic heterocycles. The molecule has 94 valence electrons. The highest BCUT2D eigenvalue weighted by atomic mass is 35.5. The molecule has 7 nitrogen and oxygen atoms in total. The SMILES string of the molecule is O=c1[nH]c(=O)n([C@@H]2C[C@@H](O)[C@@H](CO)O2)cc1Cl. The summed E-state index contributed by atoms with van der Waals surface area (Å²) in [6.45, 7) is -0.344. The van der Waals surface area contributed by atoms with Crippen molar-refractivity contribution >= 4 is 11.6 Å². The van der Waals surface area contributed by atoms with E-state index in [9.17, 15) is 14.7 Å². The number of halogens is 1. The van der Waals surface area contributed by atoms with Crippen LogP contribution in [0.5, 0.6) is 0 Å². The molecule has 1 fully saturated rings. The lowest BCUT2D eigenvalue weighted by atomic mass is 10.2. The summed E-state index contributed by atoms with van der Waals surface area (Å²) in [5.41, 5.74) is -1.35. The van der Waals surface area contributed by atoms with Crippen molar-refractivity contribution in [2.24, 2.45) is 0 Å². The molecule has 0 aromatic carbocycles. The zero-order valence-electron chi connectivity index (χ0n) is 8.67. The minimum absolute atomic E-state index is 0.143. The molecule has 2 heterocycles. The Kier molecular flexibility index (Phi) is 3.34. The van der Waals surface area contributed by atoms with E-state index in [2.05, 4.69) is 0 Å². The summed E-state index contributed by atoms with van der Waals surface area (Å²) in [7, 11) is 0. The molecule has 0 unspecified atom stereocenters. The van der Waals surface area contributed by atoms with Crippen molar-refractivity contribution in [3.63, 3.8) is 0 Å². The van der Waals surface area contributed by atoms with Crippen molar-refractivity contribution in [1.82, 2.24) is 9.55 Å². The molecule has 0 amide bonds. The molecule has 0 spiro atoms. The molecule has 1 aliphatic rings. The van der Waals surface area contributed by atoms with Gasteiger partial charge in [0.25, 0.3) is 5.56 Å². The van der Waals surface area contributed by atoms with Crippen molar-refractivity contribution in [1.29, 1.82) is 0 Å². The van der Waals surface area contributed by atoms with Crippen LogP contribution < -0.4 is 11.2 Å². The maximum atomic E-state index is 11.5. The number of aliphatic hydroxyl groups is 2. The molecule has 3 N–H and O–H groups in total. The van der Waals surface area contributed by atoms with Gasteiger partial charge in [-0.25, -0.2) is 4.79 Å². The van der Waals surface area contributed by atoms with Gasteiger partial charge in [-0.05, 0) is 0 Å². The standard InChI is InChI=1S/C9H11ClN2O5/c10-4-2-12(9(16)11-8(4)15)7-1-5(14)6(3-13)17-7/h2,5-7,13-14H,1,3H2,(H,11,15,16)/t5-,6-,7+/m1/s1. The third-order valence-corrected chi connectivity index (χ3v) is 2.89. The number of ether oxygens (including phenoxy) is 1. The molecule has 0 bridgehead atoms. The van der Waals surface area contributed by atoms with E-state index in [1.54, 1.807) is 0 Å². The Bertz CT molecular complexity index is 525. The van der Waals surface area contributed by atoms with Gasteiger partial charge in [-0.3, -0.25) is 14.3 Å². The molecule has 0 saturated carbocycles. The number of aliphatic hydroxyl groups excluding tert-OH is 2. The van der Waals surface area contributed by atoms with Gasteiger partial charge >= 0.3 is 5.69 Å². The van der Waals surface area contributed by atoms with Crippen molar-refractivity contribution in [2.75, 3.05) is 6.61 Å². The summed E-state index contributed by atoms with van der Waals surface area (Å²) >= 11 is 5.60. The van der Waals surface area contributed by atoms with Crippen LogP contribution in [0.2, 0.25) is 5.02 Å². The number of aromatic amines is 1. The maximum absolute atomic E-state index is 11.5. The minimum atomic E-state index is -0.859. The molecule has 1 aliphatic heterocycles. The Morgan fingerprint density at radius 1 is 1.59 bits per heavy atom. The van der Waals surface area contributed by atoms with Crippen LogP contribution in [0.25, 0.3) is 0 Å². The highest BCUT2D eigenvalue weighted by molar-refractivity contribution is 6.30. The van der Waals surface area contributed by atoms with E-state index < -0.39 is 29.7 Å². The lowest BCUT2D eigenvalue weighted by molar-refractivity contribution is -0.0459. The van der Waals surface area contributed by atoms with Gasteiger partial charge < -0.3 is 14.9 Å². The Morgan fingerprint density at radius 2 is 2.29 bits per heavy atom. The fourth-order valence-electron chi connectivity index (χ4n) is 1.72. The molecule has 8 heteroatoms. The van der Waals surface area contributed by atoms with Crippen molar-refractivity contribution in [3.05, 3.63) is 32.1 Å². The van der Waals surface area contributed by atoms with Crippen LogP contribution >= 0.6 is 11.6 Å². The molecule has 2 rings (SSSR count). The van der Waals surface area contributed by atoms with E-state index in [1.807, 2.05) is 4.98 Å². The first-order valence-electron chi connectivity index (χ1n) is 4.98. The van der Waals surface area contributed by atoms with Gasteiger partial charge in [0.2, 0.25) is 0 Å². The molecule has 0 aliphatic carbocycles. The van der Waals surface area contributed by atoms with E-state index in [-0.39, 0.29) is 18.1 Å². The van der Waals surface area contributed by atoms with Crippen LogP contribution in [-0.2, 0) is 4.74 Å². The van der Waals surface area contributed by atoms with E-state index in [4.69, 9.17) is 21.4 Å². The van der Waals surface area contributed by atoms with Gasteiger partial charge in [0.05, 0.1) is 12.7 Å². The Hall–Kier alpha value is -1.15. The van der Waals surface area contributed by atoms with E-state index in [0.29, 0.717) is 0 Å². The monoisotopic (exact) mass is 262 g/mol. The summed E-state index contributed by atoms with van der Waals surface area (Å²) < 4.78 is 6.35. The highest BCUT2D eigenvalue weighted by Gasteiger charge is 2.35. The number of nitrogens with one attached hydrogen (secondary N) is 1. The third kappa shape index (κ3) is 2.27. The molecule has 17 heavy (non-hydrogen) atoms. The van der Waals surface area contributed by atoms with Crippen LogP contribution in [0.4, 0.5) is 0 Å². The quantitative estimate of drug-likeness (QED) is 0.623. The van der Waals surface area contributed by atoms with Crippen LogP contribution in [-0.4, -0.2) is 38.6 Å². The second-order valence-corrected chi connectivity index (χ2v) is 4.17. The van der Waals surface area contributed by atoms with Crippen LogP contribution in [0.3, 0.4) is 0 Å². The zero-order chi connectivity index (χ0) is 12.6. The third-order valence-electron chi connectivity index (χ3n) is 2.62. The number of hydrogen-bond acceptors (Lipinski definition) is 5. The topological polar surface area (TPSA) is 105 Å². The first-order valence-corrected chi connectivity index (χ1v) is 5.36. The van der Waals surface area contributed by atoms with Crippen molar-refractivity contribution < 1.29 is 14.9 Å². The van der Waals surface area contributed by atoms with Crippen molar-refractivity contribution in [3.8, 4) is 0 Å². The van der Waals surface area contributed by atoms with Crippen LogP contribution in [0.1, 0.15) is 12.6 Å². The molecular formula is C9H11ClN2O5. The Balaban J connectivity index is 2.34. The normalized spacial score (nSPS) is 28.5. The van der Waals surface area contributed by atoms with Gasteiger partial charge in [0, 0.05) is 12.6 Å². The Labute approximate surface area is 100 Å². The van der Waals surface area contributed by atoms with Gasteiger partial charge in [-0.2, -0.15) is 0 Å². The smallest absolute Gasteiger partial charge is 0.330 e. The van der Waals surface area contributed by atoms with Gasteiger partial charge in [-0.1, -0.05) is 11.6 Å². The zero-order valence-corrected chi connectivity index (χ0v) is 9.42. The average Bonchev–Trinajstić information content (AvgIpc) is 2.65. The van der Waals surface area contributed by atoms with E-state index in [0.717, 1.165) is 10.8 Å². The first kappa shape index (κ1) is 12.3. The van der Waals surface area contributed by atoms with E-state index in [1.165, 1.54) is 0 Å². The number of H-pyrrole nitrogens is 1. The molecule has 0 radical (unpaired) electrons. The number of rotatable bonds is 2. The molecule has 1 aromatic rings. The van der Waals surface area contributed by atoms with Crippen LogP contribution in [0.15, 0.2) is 15.8 Å². The summed E-state index contributed by atoms with van der Waals surface area (Å²) in [5, 5.41) is 18.3. The first-order chi connectivity index (χ1) is 8.02. The number of aromatic nitrogens is 2. The van der Waals surface area contributed by atoms with E-state index >= 15 is 0 Å². The molecule has 3 atom stereocenters. The fraction of sp³-hybridized carbons (Fsp3) is 0.556. The molecular weight excluding hydrogens is 252 g/mol. The lowest BCUT2D eigenvalue weighted by Gasteiger charge is -2.14. The van der Waals surface area contributed by atoms with Crippen molar-refractivity contribution in [2.45, 2.75) is 24.9 Å².